The van der Waals surface area contributed by atoms with Crippen LogP contribution in [0.25, 0.3) is 10.9 Å². The molecule has 4 aromatic rings. The predicted molar refractivity (Wildman–Crippen MR) is 132 cm³/mol. The van der Waals surface area contributed by atoms with E-state index < -0.39 is 5.91 Å². The highest BCUT2D eigenvalue weighted by atomic mass is 19.1. The van der Waals surface area contributed by atoms with Crippen LogP contribution in [0.2, 0.25) is 0 Å². The van der Waals surface area contributed by atoms with Gasteiger partial charge in [0.05, 0.1) is 20.4 Å². The number of hydrogen-bond donors (Lipinski definition) is 2. The van der Waals surface area contributed by atoms with Crippen LogP contribution in [0.4, 0.5) is 10.1 Å². The van der Waals surface area contributed by atoms with Gasteiger partial charge in [0.25, 0.3) is 5.91 Å². The van der Waals surface area contributed by atoms with Crippen LogP contribution in [0.1, 0.15) is 15.9 Å². The Balaban J connectivity index is 1.49. The molecule has 35 heavy (non-hydrogen) atoms. The van der Waals surface area contributed by atoms with Gasteiger partial charge in [-0.05, 0) is 42.5 Å². The molecule has 0 bridgehead atoms. The molecule has 178 valence electrons. The molecule has 2 N–H and O–H groups in total. The molecule has 3 aromatic carbocycles. The lowest BCUT2D eigenvalue weighted by molar-refractivity contribution is -0.116. The van der Waals surface area contributed by atoms with Crippen LogP contribution in [0.3, 0.4) is 0 Å². The zero-order chi connectivity index (χ0) is 24.8. The topological polar surface area (TPSA) is 93.9 Å². The van der Waals surface area contributed by atoms with Gasteiger partial charge >= 0.3 is 0 Å². The van der Waals surface area contributed by atoms with Crippen LogP contribution in [0, 0.1) is 5.82 Å². The van der Waals surface area contributed by atoms with E-state index in [1.807, 2.05) is 24.3 Å². The monoisotopic (exact) mass is 474 g/mol. The van der Waals surface area contributed by atoms with Gasteiger partial charge in [0.1, 0.15) is 23.9 Å². The number of fused-ring (bicyclic) bond motifs is 1. The van der Waals surface area contributed by atoms with Gasteiger partial charge in [-0.1, -0.05) is 18.2 Å². The van der Waals surface area contributed by atoms with Gasteiger partial charge < -0.3 is 19.4 Å². The first-order valence-corrected chi connectivity index (χ1v) is 10.7. The maximum absolute atomic E-state index is 13.1. The van der Waals surface area contributed by atoms with E-state index in [2.05, 4.69) is 15.8 Å². The first kappa shape index (κ1) is 23.5. The van der Waals surface area contributed by atoms with Gasteiger partial charge in [0, 0.05) is 40.0 Å². The Labute approximate surface area is 201 Å². The number of anilines is 1. The predicted octanol–water partition coefficient (Wildman–Crippen LogP) is 4.20. The van der Waals surface area contributed by atoms with Gasteiger partial charge in [-0.2, -0.15) is 5.10 Å². The summed E-state index contributed by atoms with van der Waals surface area (Å²) in [6.45, 7) is 0.0433. The van der Waals surface area contributed by atoms with E-state index >= 15 is 0 Å². The normalized spacial score (nSPS) is 10.9. The minimum absolute atomic E-state index is 0.0433. The minimum atomic E-state index is -0.430. The lowest BCUT2D eigenvalue weighted by Gasteiger charge is -2.07. The molecule has 0 radical (unpaired) electrons. The number of aromatic nitrogens is 1. The summed E-state index contributed by atoms with van der Waals surface area (Å²) in [5.41, 5.74) is 4.89. The number of para-hydroxylation sites is 1. The van der Waals surface area contributed by atoms with E-state index in [-0.39, 0.29) is 18.3 Å². The summed E-state index contributed by atoms with van der Waals surface area (Å²) in [6.07, 6.45) is 3.30. The second-order valence-corrected chi connectivity index (χ2v) is 7.59. The molecule has 0 saturated heterocycles. The Kier molecular flexibility index (Phi) is 7.06. The Hall–Kier alpha value is -4.66. The third-order valence-electron chi connectivity index (χ3n) is 5.24. The van der Waals surface area contributed by atoms with Crippen molar-refractivity contribution in [2.24, 2.45) is 5.10 Å². The minimum Gasteiger partial charge on any atom is -0.497 e. The molecular formula is C26H23FN4O4. The number of amides is 2. The number of carbonyl (C=O) groups excluding carboxylic acids is 2. The lowest BCUT2D eigenvalue weighted by atomic mass is 10.2. The molecule has 0 atom stereocenters. The van der Waals surface area contributed by atoms with E-state index in [1.165, 1.54) is 44.7 Å². The molecule has 0 fully saturated rings. The van der Waals surface area contributed by atoms with E-state index in [9.17, 15) is 14.0 Å². The van der Waals surface area contributed by atoms with Crippen molar-refractivity contribution in [3.63, 3.8) is 0 Å². The van der Waals surface area contributed by atoms with Crippen molar-refractivity contribution in [2.75, 3.05) is 19.5 Å². The smallest absolute Gasteiger partial charge is 0.271 e. The number of rotatable bonds is 8. The number of ether oxygens (including phenoxy) is 2. The molecule has 4 rings (SSSR count). The van der Waals surface area contributed by atoms with E-state index in [0.29, 0.717) is 22.7 Å². The molecule has 0 aliphatic heterocycles. The van der Waals surface area contributed by atoms with Crippen LogP contribution < -0.4 is 20.2 Å². The summed E-state index contributed by atoms with van der Waals surface area (Å²) in [4.78, 5) is 25.1. The number of hydrogen-bond acceptors (Lipinski definition) is 5. The number of benzene rings is 3. The average molecular weight is 474 g/mol. The van der Waals surface area contributed by atoms with Crippen molar-refractivity contribution in [3.05, 3.63) is 89.9 Å². The Morgan fingerprint density at radius 3 is 2.37 bits per heavy atom. The summed E-state index contributed by atoms with van der Waals surface area (Å²) in [5.74, 6) is -0.0936. The van der Waals surface area contributed by atoms with E-state index in [1.54, 1.807) is 29.0 Å². The summed E-state index contributed by atoms with van der Waals surface area (Å²) in [7, 11) is 3.01. The lowest BCUT2D eigenvalue weighted by Crippen LogP contribution is -2.18. The second-order valence-electron chi connectivity index (χ2n) is 7.59. The van der Waals surface area contributed by atoms with Crippen LogP contribution >= 0.6 is 0 Å². The van der Waals surface area contributed by atoms with Gasteiger partial charge in [-0.25, -0.2) is 9.82 Å². The summed E-state index contributed by atoms with van der Waals surface area (Å²) < 4.78 is 25.3. The Bertz CT molecular complexity index is 1370. The maximum Gasteiger partial charge on any atom is 0.271 e. The first-order valence-electron chi connectivity index (χ1n) is 10.7. The molecule has 0 saturated carbocycles. The van der Waals surface area contributed by atoms with E-state index in [4.69, 9.17) is 9.47 Å². The third kappa shape index (κ3) is 5.64. The van der Waals surface area contributed by atoms with Crippen molar-refractivity contribution in [1.82, 2.24) is 9.99 Å². The van der Waals surface area contributed by atoms with Crippen LogP contribution in [-0.4, -0.2) is 36.8 Å². The van der Waals surface area contributed by atoms with Crippen molar-refractivity contribution in [1.29, 1.82) is 0 Å². The molecule has 1 aromatic heterocycles. The van der Waals surface area contributed by atoms with Crippen molar-refractivity contribution >= 4 is 34.6 Å². The molecule has 1 heterocycles. The van der Waals surface area contributed by atoms with Crippen LogP contribution in [0.5, 0.6) is 11.5 Å². The molecule has 0 aliphatic carbocycles. The number of methoxy groups -OCH3 is 2. The SMILES string of the molecule is COc1cc(OC)cc(C(=O)NN=Cc2cn(CC(=O)Nc3ccc(F)cc3)c3ccccc23)c1. The van der Waals surface area contributed by atoms with Gasteiger partial charge in [0.15, 0.2) is 0 Å². The Morgan fingerprint density at radius 2 is 1.69 bits per heavy atom. The zero-order valence-corrected chi connectivity index (χ0v) is 19.1. The Morgan fingerprint density at radius 1 is 1.00 bits per heavy atom. The molecule has 0 spiro atoms. The highest BCUT2D eigenvalue weighted by molar-refractivity contribution is 6.01. The molecule has 0 unspecified atom stereocenters. The molecule has 9 heteroatoms. The van der Waals surface area contributed by atoms with Crippen molar-refractivity contribution in [2.45, 2.75) is 6.54 Å². The molecular weight excluding hydrogens is 451 g/mol. The van der Waals surface area contributed by atoms with E-state index in [0.717, 1.165) is 16.5 Å². The largest absolute Gasteiger partial charge is 0.497 e. The number of carbonyl (C=O) groups is 2. The average Bonchev–Trinajstić information content (AvgIpc) is 3.22. The van der Waals surface area contributed by atoms with Gasteiger partial charge in [0.2, 0.25) is 5.91 Å². The molecule has 0 aliphatic rings. The molecule has 8 nitrogen and oxygen atoms in total. The van der Waals surface area contributed by atoms with Crippen LogP contribution in [-0.2, 0) is 11.3 Å². The number of nitrogens with one attached hydrogen (secondary N) is 2. The first-order chi connectivity index (χ1) is 17.0. The maximum atomic E-state index is 13.1. The summed E-state index contributed by atoms with van der Waals surface area (Å²) in [6, 6.07) is 17.9. The number of halogens is 1. The van der Waals surface area contributed by atoms with Gasteiger partial charge in [-0.15, -0.1) is 0 Å². The number of hydrazone groups is 1. The highest BCUT2D eigenvalue weighted by Crippen LogP contribution is 2.23. The fourth-order valence-electron chi connectivity index (χ4n) is 3.56. The highest BCUT2D eigenvalue weighted by Gasteiger charge is 2.12. The number of nitrogens with zero attached hydrogens (tertiary/aromatic N) is 2. The van der Waals surface area contributed by atoms with Crippen LogP contribution in [0.15, 0.2) is 78.0 Å². The fourth-order valence-corrected chi connectivity index (χ4v) is 3.56. The van der Waals surface area contributed by atoms with Crippen molar-refractivity contribution in [3.8, 4) is 11.5 Å². The van der Waals surface area contributed by atoms with Crippen molar-refractivity contribution < 1.29 is 23.5 Å². The zero-order valence-electron chi connectivity index (χ0n) is 19.1. The quantitative estimate of drug-likeness (QED) is 0.296. The van der Waals surface area contributed by atoms with Gasteiger partial charge in [-0.3, -0.25) is 9.59 Å². The molecule has 2 amide bonds. The standard InChI is InChI=1S/C26H23FN4O4/c1-34-21-11-17(12-22(13-21)35-2)26(33)30-28-14-18-15-31(24-6-4-3-5-23(18)24)16-25(32)29-20-9-7-19(27)8-10-20/h3-15H,16H2,1-2H3,(H,29,32)(H,30,33). The summed E-state index contributed by atoms with van der Waals surface area (Å²) >= 11 is 0. The summed E-state index contributed by atoms with van der Waals surface area (Å²) in [5, 5.41) is 7.70. The second kappa shape index (κ2) is 10.5. The fraction of sp³-hybridized carbons (Fsp3) is 0.115. The third-order valence-corrected chi connectivity index (χ3v) is 5.24.